The zero-order valence-corrected chi connectivity index (χ0v) is 8.83. The number of nitrogens with two attached hydrogens (primary N) is 1. The molecule has 0 aliphatic carbocycles. The minimum Gasteiger partial charge on any atom is -0.477 e. The van der Waals surface area contributed by atoms with E-state index in [2.05, 4.69) is 4.98 Å². The van der Waals surface area contributed by atoms with E-state index in [1.807, 2.05) is 0 Å². The van der Waals surface area contributed by atoms with Crippen LogP contribution in [-0.2, 0) is 0 Å². The third-order valence-corrected chi connectivity index (χ3v) is 1.88. The van der Waals surface area contributed by atoms with Crippen LogP contribution in [0.25, 0.3) is 0 Å². The Morgan fingerprint density at radius 2 is 2.18 bits per heavy atom. The van der Waals surface area contributed by atoms with Gasteiger partial charge in [0.15, 0.2) is 0 Å². The number of nitrogens with zero attached hydrogens (tertiary/aromatic N) is 1. The standard InChI is InChI=1S/C10H11F3N2O2/c11-10(12,13)4-2-6-17-9-7(8(14)16)3-1-5-15-9/h1,3,5H,2,4,6H2,(H2,14,16). The summed E-state index contributed by atoms with van der Waals surface area (Å²) in [7, 11) is 0. The highest BCUT2D eigenvalue weighted by Crippen LogP contribution is 2.21. The highest BCUT2D eigenvalue weighted by atomic mass is 19.4. The molecule has 1 heterocycles. The van der Waals surface area contributed by atoms with Crippen LogP contribution in [0.15, 0.2) is 18.3 Å². The summed E-state index contributed by atoms with van der Waals surface area (Å²) in [5.41, 5.74) is 5.10. The van der Waals surface area contributed by atoms with E-state index < -0.39 is 18.5 Å². The van der Waals surface area contributed by atoms with Crippen LogP contribution in [0.3, 0.4) is 0 Å². The Kier molecular flexibility index (Phi) is 4.30. The van der Waals surface area contributed by atoms with Crippen molar-refractivity contribution in [2.24, 2.45) is 5.73 Å². The number of amides is 1. The zero-order valence-electron chi connectivity index (χ0n) is 8.83. The molecule has 0 saturated carbocycles. The van der Waals surface area contributed by atoms with Gasteiger partial charge in [0.05, 0.1) is 6.61 Å². The van der Waals surface area contributed by atoms with Crippen LogP contribution in [-0.4, -0.2) is 23.7 Å². The van der Waals surface area contributed by atoms with Gasteiger partial charge in [-0.15, -0.1) is 0 Å². The summed E-state index contributed by atoms with van der Waals surface area (Å²) in [6.07, 6.45) is -3.98. The van der Waals surface area contributed by atoms with Crippen molar-refractivity contribution in [2.45, 2.75) is 19.0 Å². The average Bonchev–Trinajstić information content (AvgIpc) is 2.23. The van der Waals surface area contributed by atoms with Crippen molar-refractivity contribution in [3.63, 3.8) is 0 Å². The summed E-state index contributed by atoms with van der Waals surface area (Å²) in [5, 5.41) is 0. The van der Waals surface area contributed by atoms with Crippen LogP contribution in [0.5, 0.6) is 5.88 Å². The van der Waals surface area contributed by atoms with Crippen molar-refractivity contribution in [1.29, 1.82) is 0 Å². The van der Waals surface area contributed by atoms with Gasteiger partial charge < -0.3 is 10.5 Å². The van der Waals surface area contributed by atoms with Crippen LogP contribution < -0.4 is 10.5 Å². The van der Waals surface area contributed by atoms with Crippen molar-refractivity contribution in [3.05, 3.63) is 23.9 Å². The van der Waals surface area contributed by atoms with Crippen LogP contribution in [0.2, 0.25) is 0 Å². The fraction of sp³-hybridized carbons (Fsp3) is 0.400. The highest BCUT2D eigenvalue weighted by molar-refractivity contribution is 5.94. The van der Waals surface area contributed by atoms with Crippen LogP contribution in [0, 0.1) is 0 Å². The van der Waals surface area contributed by atoms with E-state index in [9.17, 15) is 18.0 Å². The topological polar surface area (TPSA) is 65.2 Å². The van der Waals surface area contributed by atoms with E-state index in [1.165, 1.54) is 18.3 Å². The molecule has 1 rings (SSSR count). The maximum atomic E-state index is 11.8. The molecular weight excluding hydrogens is 237 g/mol. The van der Waals surface area contributed by atoms with Gasteiger partial charge in [-0.3, -0.25) is 4.79 Å². The van der Waals surface area contributed by atoms with Crippen molar-refractivity contribution in [3.8, 4) is 5.88 Å². The minimum atomic E-state index is -4.21. The molecule has 17 heavy (non-hydrogen) atoms. The molecule has 4 nitrogen and oxygen atoms in total. The average molecular weight is 248 g/mol. The molecule has 0 aliphatic heterocycles. The largest absolute Gasteiger partial charge is 0.477 e. The van der Waals surface area contributed by atoms with Gasteiger partial charge in [-0.2, -0.15) is 13.2 Å². The molecule has 0 spiro atoms. The molecule has 1 aromatic rings. The number of halogens is 3. The lowest BCUT2D eigenvalue weighted by molar-refractivity contribution is -0.136. The van der Waals surface area contributed by atoms with Crippen LogP contribution in [0.1, 0.15) is 23.2 Å². The molecule has 94 valence electrons. The van der Waals surface area contributed by atoms with Crippen molar-refractivity contribution in [2.75, 3.05) is 6.61 Å². The zero-order chi connectivity index (χ0) is 12.9. The molecule has 0 atom stereocenters. The predicted molar refractivity (Wildman–Crippen MR) is 53.5 cm³/mol. The van der Waals surface area contributed by atoms with Gasteiger partial charge in [0.2, 0.25) is 5.88 Å². The first kappa shape index (κ1) is 13.3. The van der Waals surface area contributed by atoms with E-state index in [0.29, 0.717) is 0 Å². The number of hydrogen-bond donors (Lipinski definition) is 1. The summed E-state index contributed by atoms with van der Waals surface area (Å²) < 4.78 is 40.5. The number of alkyl halides is 3. The molecule has 0 saturated heterocycles. The lowest BCUT2D eigenvalue weighted by Gasteiger charge is -2.09. The van der Waals surface area contributed by atoms with Gasteiger partial charge >= 0.3 is 6.18 Å². The monoisotopic (exact) mass is 248 g/mol. The van der Waals surface area contributed by atoms with Crippen molar-refractivity contribution >= 4 is 5.91 Å². The first-order chi connectivity index (χ1) is 7.90. The molecule has 0 radical (unpaired) electrons. The van der Waals surface area contributed by atoms with Crippen LogP contribution in [0.4, 0.5) is 13.2 Å². The SMILES string of the molecule is NC(=O)c1cccnc1OCCCC(F)(F)F. The first-order valence-corrected chi connectivity index (χ1v) is 4.84. The Bertz CT molecular complexity index is 393. The van der Waals surface area contributed by atoms with E-state index in [4.69, 9.17) is 10.5 Å². The Hall–Kier alpha value is -1.79. The highest BCUT2D eigenvalue weighted by Gasteiger charge is 2.26. The fourth-order valence-corrected chi connectivity index (χ4v) is 1.13. The summed E-state index contributed by atoms with van der Waals surface area (Å²) in [6.45, 7) is -0.170. The summed E-state index contributed by atoms with van der Waals surface area (Å²) >= 11 is 0. The molecule has 0 fully saturated rings. The van der Waals surface area contributed by atoms with Crippen molar-refractivity contribution < 1.29 is 22.7 Å². The number of carbonyl (C=O) groups excluding carboxylic acids is 1. The quantitative estimate of drug-likeness (QED) is 0.809. The van der Waals surface area contributed by atoms with E-state index >= 15 is 0 Å². The molecular formula is C10H11F3N2O2. The predicted octanol–water partition coefficient (Wildman–Crippen LogP) is 1.90. The third kappa shape index (κ3) is 4.71. The molecule has 1 amide bonds. The second kappa shape index (κ2) is 5.51. The lowest BCUT2D eigenvalue weighted by atomic mass is 10.2. The first-order valence-electron chi connectivity index (χ1n) is 4.84. The summed E-state index contributed by atoms with van der Waals surface area (Å²) in [6, 6.07) is 2.89. The second-order valence-electron chi connectivity index (χ2n) is 3.29. The number of aromatic nitrogens is 1. The number of primary amides is 1. The van der Waals surface area contributed by atoms with Gasteiger partial charge in [-0.25, -0.2) is 4.98 Å². The molecule has 0 unspecified atom stereocenters. The maximum absolute atomic E-state index is 11.8. The number of carbonyl (C=O) groups is 1. The van der Waals surface area contributed by atoms with Crippen molar-refractivity contribution in [1.82, 2.24) is 4.98 Å². The Balaban J connectivity index is 2.49. The third-order valence-electron chi connectivity index (χ3n) is 1.88. The Morgan fingerprint density at radius 1 is 1.47 bits per heavy atom. The van der Waals surface area contributed by atoms with Crippen LogP contribution >= 0.6 is 0 Å². The summed E-state index contributed by atoms with van der Waals surface area (Å²) in [4.78, 5) is 14.7. The Morgan fingerprint density at radius 3 is 2.76 bits per heavy atom. The lowest BCUT2D eigenvalue weighted by Crippen LogP contribution is -2.15. The Labute approximate surface area is 95.6 Å². The number of ether oxygens (including phenoxy) is 1. The van der Waals surface area contributed by atoms with Gasteiger partial charge in [-0.05, 0) is 18.6 Å². The number of rotatable bonds is 5. The van der Waals surface area contributed by atoms with Gasteiger partial charge in [0, 0.05) is 12.6 Å². The molecule has 0 aromatic carbocycles. The second-order valence-corrected chi connectivity index (χ2v) is 3.29. The molecule has 0 aliphatic rings. The van der Waals surface area contributed by atoms with E-state index in [-0.39, 0.29) is 24.5 Å². The molecule has 7 heteroatoms. The van der Waals surface area contributed by atoms with Gasteiger partial charge in [0.25, 0.3) is 5.91 Å². The van der Waals surface area contributed by atoms with E-state index in [1.54, 1.807) is 0 Å². The maximum Gasteiger partial charge on any atom is 0.389 e. The summed E-state index contributed by atoms with van der Waals surface area (Å²) in [5.74, 6) is -0.772. The molecule has 0 bridgehead atoms. The van der Waals surface area contributed by atoms with Gasteiger partial charge in [0.1, 0.15) is 5.56 Å². The molecule has 2 N–H and O–H groups in total. The smallest absolute Gasteiger partial charge is 0.389 e. The normalized spacial score (nSPS) is 11.2. The van der Waals surface area contributed by atoms with Gasteiger partial charge in [-0.1, -0.05) is 0 Å². The number of hydrogen-bond acceptors (Lipinski definition) is 3. The van der Waals surface area contributed by atoms with E-state index in [0.717, 1.165) is 0 Å². The fourth-order valence-electron chi connectivity index (χ4n) is 1.13. The molecule has 1 aromatic heterocycles. The number of pyridine rings is 1. The minimum absolute atomic E-state index is 0.0397.